The van der Waals surface area contributed by atoms with E-state index in [-0.39, 0.29) is 17.2 Å². The Bertz CT molecular complexity index is 257. The van der Waals surface area contributed by atoms with Crippen molar-refractivity contribution in [3.05, 3.63) is 0 Å². The smallest absolute Gasteiger partial charge is 0.192 e. The van der Waals surface area contributed by atoms with Crippen LogP contribution in [-0.4, -0.2) is 25.6 Å². The maximum absolute atomic E-state index is 10.0. The van der Waals surface area contributed by atoms with Crippen molar-refractivity contribution in [3.63, 3.8) is 0 Å². The van der Waals surface area contributed by atoms with Crippen LogP contribution in [0.5, 0.6) is 0 Å². The Balaban J connectivity index is 1.97. The second-order valence-electron chi connectivity index (χ2n) is 6.80. The van der Waals surface area contributed by atoms with Gasteiger partial charge in [-0.25, -0.2) is 0 Å². The Morgan fingerprint density at radius 3 is 2.20 bits per heavy atom. The second-order valence-corrected chi connectivity index (χ2v) is 11.6. The summed E-state index contributed by atoms with van der Waals surface area (Å²) in [5.74, 6) is 1.34. The molecule has 88 valence electrons. The van der Waals surface area contributed by atoms with E-state index < -0.39 is 8.32 Å². The summed E-state index contributed by atoms with van der Waals surface area (Å²) in [5.41, 5.74) is 0. The fourth-order valence-corrected chi connectivity index (χ4v) is 3.69. The van der Waals surface area contributed by atoms with Gasteiger partial charge in [0.25, 0.3) is 0 Å². The summed E-state index contributed by atoms with van der Waals surface area (Å²) in [7, 11) is -1.68. The van der Waals surface area contributed by atoms with Gasteiger partial charge in [-0.2, -0.15) is 0 Å². The van der Waals surface area contributed by atoms with Crippen molar-refractivity contribution in [2.75, 3.05) is 0 Å². The van der Waals surface area contributed by atoms with Crippen molar-refractivity contribution >= 4 is 8.32 Å². The van der Waals surface area contributed by atoms with Gasteiger partial charge in [-0.15, -0.1) is 0 Å². The highest BCUT2D eigenvalue weighted by Crippen LogP contribution is 2.54. The minimum absolute atomic E-state index is 0.134. The molecule has 2 saturated carbocycles. The van der Waals surface area contributed by atoms with Gasteiger partial charge in [0.2, 0.25) is 0 Å². The molecule has 0 saturated heterocycles. The molecule has 0 radical (unpaired) electrons. The van der Waals surface area contributed by atoms with E-state index in [1.165, 1.54) is 6.42 Å². The quantitative estimate of drug-likeness (QED) is 0.736. The third-order valence-corrected chi connectivity index (χ3v) is 9.09. The van der Waals surface area contributed by atoms with Crippen molar-refractivity contribution in [2.24, 2.45) is 11.8 Å². The Hall–Kier alpha value is 0.137. The molecule has 0 bridgehead atoms. The summed E-state index contributed by atoms with van der Waals surface area (Å²) in [6.45, 7) is 11.3. The maximum Gasteiger partial charge on any atom is 0.192 e. The van der Waals surface area contributed by atoms with Crippen molar-refractivity contribution in [3.8, 4) is 0 Å². The molecular weight excluding hydrogens is 204 g/mol. The molecule has 2 rings (SSSR count). The van der Waals surface area contributed by atoms with E-state index in [4.69, 9.17) is 4.43 Å². The van der Waals surface area contributed by atoms with E-state index in [2.05, 4.69) is 33.9 Å². The molecule has 2 nitrogen and oxygen atoms in total. The third kappa shape index (κ3) is 2.02. The number of fused-ring (bicyclic) bond motifs is 1. The summed E-state index contributed by atoms with van der Waals surface area (Å²) in [4.78, 5) is 0. The molecule has 0 aromatic heterocycles. The van der Waals surface area contributed by atoms with Gasteiger partial charge in [0, 0.05) is 0 Å². The minimum Gasteiger partial charge on any atom is -0.411 e. The predicted octanol–water partition coefficient (Wildman–Crippen LogP) is 2.78. The molecule has 2 aliphatic rings. The molecule has 0 unspecified atom stereocenters. The molecule has 2 aliphatic carbocycles. The molecule has 15 heavy (non-hydrogen) atoms. The number of rotatable bonds is 2. The molecule has 0 aromatic carbocycles. The minimum atomic E-state index is -1.68. The van der Waals surface area contributed by atoms with Crippen molar-refractivity contribution in [2.45, 2.75) is 64.0 Å². The zero-order valence-corrected chi connectivity index (χ0v) is 11.6. The van der Waals surface area contributed by atoms with Crippen molar-refractivity contribution < 1.29 is 9.53 Å². The summed E-state index contributed by atoms with van der Waals surface area (Å²) < 4.78 is 6.27. The average molecular weight is 228 g/mol. The standard InChI is InChI=1S/C12H24O2Si/c1-12(2,3)15(4,5)14-10-7-8-6-9(8)11(10)13/h8-11,13H,6-7H2,1-5H3/t8-,9-,10+,11+/m1/s1. The van der Waals surface area contributed by atoms with Crippen LogP contribution < -0.4 is 0 Å². The Morgan fingerprint density at radius 1 is 1.20 bits per heavy atom. The van der Waals surface area contributed by atoms with Crippen LogP contribution in [0.4, 0.5) is 0 Å². The molecule has 0 aromatic rings. The summed E-state index contributed by atoms with van der Waals surface area (Å²) in [6.07, 6.45) is 2.29. The first-order chi connectivity index (χ1) is 6.72. The molecule has 2 fully saturated rings. The van der Waals surface area contributed by atoms with Crippen LogP contribution in [0.15, 0.2) is 0 Å². The lowest BCUT2D eigenvalue weighted by Gasteiger charge is -2.39. The lowest BCUT2D eigenvalue weighted by Crippen LogP contribution is -2.46. The van der Waals surface area contributed by atoms with E-state index in [0.717, 1.165) is 12.3 Å². The van der Waals surface area contributed by atoms with Crippen LogP contribution in [0.2, 0.25) is 18.1 Å². The van der Waals surface area contributed by atoms with Gasteiger partial charge in [0.1, 0.15) is 0 Å². The fraction of sp³-hybridized carbons (Fsp3) is 1.00. The second kappa shape index (κ2) is 3.31. The number of hydrogen-bond donors (Lipinski definition) is 1. The Labute approximate surface area is 94.2 Å². The first-order valence-corrected chi connectivity index (χ1v) is 8.99. The SMILES string of the molecule is CC(C)(C)[Si](C)(C)O[C@H]1C[C@H]2C[C@H]2[C@@H]1O. The number of aliphatic hydroxyl groups excluding tert-OH is 1. The predicted molar refractivity (Wildman–Crippen MR) is 64.3 cm³/mol. The van der Waals surface area contributed by atoms with Crippen molar-refractivity contribution in [1.82, 2.24) is 0 Å². The topological polar surface area (TPSA) is 29.5 Å². The van der Waals surface area contributed by atoms with Gasteiger partial charge in [-0.05, 0) is 42.8 Å². The number of hydrogen-bond acceptors (Lipinski definition) is 2. The zero-order chi connectivity index (χ0) is 11.4. The van der Waals surface area contributed by atoms with Crippen molar-refractivity contribution in [1.29, 1.82) is 0 Å². The summed E-state index contributed by atoms with van der Waals surface area (Å²) >= 11 is 0. The first kappa shape index (κ1) is 11.6. The van der Waals surface area contributed by atoms with Crippen LogP contribution in [0.25, 0.3) is 0 Å². The van der Waals surface area contributed by atoms with Crippen LogP contribution in [0.3, 0.4) is 0 Å². The van der Waals surface area contributed by atoms with Crippen LogP contribution in [0, 0.1) is 11.8 Å². The lowest BCUT2D eigenvalue weighted by molar-refractivity contribution is 0.0326. The average Bonchev–Trinajstić information content (AvgIpc) is 2.73. The van der Waals surface area contributed by atoms with Gasteiger partial charge in [-0.1, -0.05) is 20.8 Å². The highest BCUT2D eigenvalue weighted by Gasteiger charge is 2.55. The van der Waals surface area contributed by atoms with E-state index in [1.54, 1.807) is 0 Å². The Kier molecular flexibility index (Phi) is 2.57. The molecule has 4 atom stereocenters. The number of aliphatic hydroxyl groups is 1. The molecule has 0 amide bonds. The third-order valence-electron chi connectivity index (χ3n) is 4.58. The van der Waals surface area contributed by atoms with Crippen LogP contribution in [-0.2, 0) is 4.43 Å². The molecule has 0 spiro atoms. The summed E-state index contributed by atoms with van der Waals surface area (Å²) in [6, 6.07) is 0. The van der Waals surface area contributed by atoms with Gasteiger partial charge in [-0.3, -0.25) is 0 Å². The first-order valence-electron chi connectivity index (χ1n) is 6.08. The molecule has 1 N–H and O–H groups in total. The molecule has 0 aliphatic heterocycles. The van der Waals surface area contributed by atoms with E-state index in [9.17, 15) is 5.11 Å². The Morgan fingerprint density at radius 2 is 1.80 bits per heavy atom. The molecule has 3 heteroatoms. The van der Waals surface area contributed by atoms with Gasteiger partial charge < -0.3 is 9.53 Å². The monoisotopic (exact) mass is 228 g/mol. The zero-order valence-electron chi connectivity index (χ0n) is 10.6. The molecule has 0 heterocycles. The summed E-state index contributed by atoms with van der Waals surface area (Å²) in [5, 5.41) is 10.3. The van der Waals surface area contributed by atoms with Gasteiger partial charge in [0.15, 0.2) is 8.32 Å². The highest BCUT2D eigenvalue weighted by molar-refractivity contribution is 6.74. The van der Waals surface area contributed by atoms with E-state index in [1.807, 2.05) is 0 Å². The van der Waals surface area contributed by atoms with Gasteiger partial charge >= 0.3 is 0 Å². The van der Waals surface area contributed by atoms with E-state index >= 15 is 0 Å². The van der Waals surface area contributed by atoms with Gasteiger partial charge in [0.05, 0.1) is 12.2 Å². The fourth-order valence-electron chi connectivity index (χ4n) is 2.35. The van der Waals surface area contributed by atoms with E-state index in [0.29, 0.717) is 5.92 Å². The van der Waals surface area contributed by atoms with Crippen LogP contribution >= 0.6 is 0 Å². The maximum atomic E-state index is 10.0. The largest absolute Gasteiger partial charge is 0.411 e. The normalized spacial score (nSPS) is 40.4. The van der Waals surface area contributed by atoms with Crippen LogP contribution in [0.1, 0.15) is 33.6 Å². The highest BCUT2D eigenvalue weighted by atomic mass is 28.4. The molecular formula is C12H24O2Si. The lowest BCUT2D eigenvalue weighted by atomic mass is 10.2.